The summed E-state index contributed by atoms with van der Waals surface area (Å²) in [4.78, 5) is 13.5. The fourth-order valence-corrected chi connectivity index (χ4v) is 2.51. The van der Waals surface area contributed by atoms with E-state index in [0.29, 0.717) is 19.1 Å². The van der Waals surface area contributed by atoms with Crippen LogP contribution in [0.4, 0.5) is 4.79 Å². The van der Waals surface area contributed by atoms with Crippen LogP contribution in [0, 0.1) is 5.41 Å². The second-order valence-corrected chi connectivity index (χ2v) is 5.09. The third-order valence-electron chi connectivity index (χ3n) is 3.69. The highest BCUT2D eigenvalue weighted by atomic mass is 16.5. The number of amides is 2. The number of methoxy groups -OCH3 is 1. The zero-order chi connectivity index (χ0) is 14.5. The third-order valence-corrected chi connectivity index (χ3v) is 3.69. The SMILES string of the molecule is COCCN1C(=O)NC(=N)C1CC(C)c1ccccc1. The van der Waals surface area contributed by atoms with Gasteiger partial charge in [-0.1, -0.05) is 37.3 Å². The Bertz CT molecular complexity index is 475. The first kappa shape index (κ1) is 14.5. The average Bonchev–Trinajstić information content (AvgIpc) is 2.72. The second kappa shape index (κ2) is 6.52. The Hall–Kier alpha value is -1.88. The quantitative estimate of drug-likeness (QED) is 0.836. The van der Waals surface area contributed by atoms with Crippen molar-refractivity contribution in [1.82, 2.24) is 10.2 Å². The van der Waals surface area contributed by atoms with Gasteiger partial charge in [0, 0.05) is 13.7 Å². The first-order valence-electron chi connectivity index (χ1n) is 6.83. The summed E-state index contributed by atoms with van der Waals surface area (Å²) in [7, 11) is 1.61. The van der Waals surface area contributed by atoms with Crippen molar-refractivity contribution in [1.29, 1.82) is 5.41 Å². The van der Waals surface area contributed by atoms with E-state index in [0.717, 1.165) is 6.42 Å². The topological polar surface area (TPSA) is 65.4 Å². The summed E-state index contributed by atoms with van der Waals surface area (Å²) in [6.07, 6.45) is 0.741. The molecule has 2 atom stereocenters. The molecule has 2 amide bonds. The summed E-state index contributed by atoms with van der Waals surface area (Å²) in [5.74, 6) is 0.577. The van der Waals surface area contributed by atoms with Crippen LogP contribution in [0.1, 0.15) is 24.8 Å². The normalized spacial score (nSPS) is 20.1. The molecule has 2 N–H and O–H groups in total. The lowest BCUT2D eigenvalue weighted by atomic mass is 9.93. The van der Waals surface area contributed by atoms with E-state index in [-0.39, 0.29) is 17.9 Å². The molecule has 20 heavy (non-hydrogen) atoms. The lowest BCUT2D eigenvalue weighted by molar-refractivity contribution is 0.148. The Kier molecular flexibility index (Phi) is 4.74. The number of amidine groups is 1. The number of nitrogens with one attached hydrogen (secondary N) is 2. The Morgan fingerprint density at radius 1 is 1.40 bits per heavy atom. The van der Waals surface area contributed by atoms with Crippen LogP contribution in [0.3, 0.4) is 0 Å². The Balaban J connectivity index is 2.05. The van der Waals surface area contributed by atoms with Gasteiger partial charge in [0.2, 0.25) is 0 Å². The lowest BCUT2D eigenvalue weighted by Crippen LogP contribution is -2.38. The van der Waals surface area contributed by atoms with Gasteiger partial charge in [-0.05, 0) is 17.9 Å². The molecule has 0 radical (unpaired) electrons. The molecule has 0 spiro atoms. The zero-order valence-electron chi connectivity index (χ0n) is 11.9. The highest BCUT2D eigenvalue weighted by molar-refractivity contribution is 6.05. The maximum Gasteiger partial charge on any atom is 0.323 e. The molecule has 1 heterocycles. The van der Waals surface area contributed by atoms with Crippen LogP contribution in [0.25, 0.3) is 0 Å². The molecular weight excluding hydrogens is 254 g/mol. The summed E-state index contributed by atoms with van der Waals surface area (Å²) in [5.41, 5.74) is 1.23. The predicted molar refractivity (Wildman–Crippen MR) is 78.1 cm³/mol. The Morgan fingerprint density at radius 3 is 2.75 bits per heavy atom. The summed E-state index contributed by atoms with van der Waals surface area (Å²) >= 11 is 0. The first-order chi connectivity index (χ1) is 9.63. The van der Waals surface area contributed by atoms with Crippen molar-refractivity contribution in [2.45, 2.75) is 25.3 Å². The van der Waals surface area contributed by atoms with Crippen LogP contribution >= 0.6 is 0 Å². The lowest BCUT2D eigenvalue weighted by Gasteiger charge is -2.25. The van der Waals surface area contributed by atoms with Crippen LogP contribution < -0.4 is 5.32 Å². The number of carbonyl (C=O) groups excluding carboxylic acids is 1. The standard InChI is InChI=1S/C15H21N3O2/c1-11(12-6-4-3-5-7-12)10-13-14(16)17-15(19)18(13)8-9-20-2/h3-7,11,13H,8-10H2,1-2H3,(H2,16,17,19). The minimum atomic E-state index is -0.197. The summed E-state index contributed by atoms with van der Waals surface area (Å²) in [6.45, 7) is 3.12. The first-order valence-corrected chi connectivity index (χ1v) is 6.83. The monoisotopic (exact) mass is 275 g/mol. The molecule has 108 valence electrons. The highest BCUT2D eigenvalue weighted by Gasteiger charge is 2.36. The Morgan fingerprint density at radius 2 is 2.10 bits per heavy atom. The summed E-state index contributed by atoms with van der Waals surface area (Å²) < 4.78 is 5.03. The van der Waals surface area contributed by atoms with E-state index in [4.69, 9.17) is 10.1 Å². The van der Waals surface area contributed by atoms with Gasteiger partial charge in [0.15, 0.2) is 0 Å². The molecule has 0 aromatic heterocycles. The molecule has 5 nitrogen and oxygen atoms in total. The van der Waals surface area contributed by atoms with Gasteiger partial charge in [0.05, 0.1) is 12.6 Å². The highest BCUT2D eigenvalue weighted by Crippen LogP contribution is 2.24. The average molecular weight is 275 g/mol. The maximum atomic E-state index is 11.8. The van der Waals surface area contributed by atoms with E-state index in [1.54, 1.807) is 12.0 Å². The summed E-state index contributed by atoms with van der Waals surface area (Å²) in [6, 6.07) is 9.79. The number of carbonyl (C=O) groups is 1. The van der Waals surface area contributed by atoms with Crippen molar-refractivity contribution < 1.29 is 9.53 Å². The van der Waals surface area contributed by atoms with Gasteiger partial charge in [-0.2, -0.15) is 0 Å². The largest absolute Gasteiger partial charge is 0.383 e. The number of hydrogen-bond donors (Lipinski definition) is 2. The van der Waals surface area contributed by atoms with Crippen LogP contribution in [0.15, 0.2) is 30.3 Å². The molecule has 1 aliphatic heterocycles. The molecule has 1 fully saturated rings. The van der Waals surface area contributed by atoms with E-state index in [1.165, 1.54) is 5.56 Å². The number of nitrogens with zero attached hydrogens (tertiary/aromatic N) is 1. The molecular formula is C15H21N3O2. The molecule has 0 bridgehead atoms. The van der Waals surface area contributed by atoms with E-state index < -0.39 is 0 Å². The minimum Gasteiger partial charge on any atom is -0.383 e. The fourth-order valence-electron chi connectivity index (χ4n) is 2.51. The van der Waals surface area contributed by atoms with Crippen LogP contribution in [-0.4, -0.2) is 43.1 Å². The maximum absolute atomic E-state index is 11.8. The van der Waals surface area contributed by atoms with Gasteiger partial charge < -0.3 is 9.64 Å². The number of urea groups is 1. The van der Waals surface area contributed by atoms with E-state index in [1.807, 2.05) is 18.2 Å². The van der Waals surface area contributed by atoms with Crippen LogP contribution in [0.2, 0.25) is 0 Å². The van der Waals surface area contributed by atoms with Gasteiger partial charge in [-0.15, -0.1) is 0 Å². The van der Waals surface area contributed by atoms with Crippen molar-refractivity contribution >= 4 is 11.9 Å². The minimum absolute atomic E-state index is 0.187. The molecule has 1 saturated heterocycles. The molecule has 5 heteroatoms. The van der Waals surface area contributed by atoms with E-state index in [9.17, 15) is 4.79 Å². The smallest absolute Gasteiger partial charge is 0.323 e. The van der Waals surface area contributed by atoms with E-state index in [2.05, 4.69) is 24.4 Å². The van der Waals surface area contributed by atoms with Crippen molar-refractivity contribution in [3.63, 3.8) is 0 Å². The van der Waals surface area contributed by atoms with Gasteiger partial charge in [0.25, 0.3) is 0 Å². The van der Waals surface area contributed by atoms with Crippen LogP contribution in [0.5, 0.6) is 0 Å². The molecule has 0 saturated carbocycles. The second-order valence-electron chi connectivity index (χ2n) is 5.09. The van der Waals surface area contributed by atoms with Crippen molar-refractivity contribution in [2.24, 2.45) is 0 Å². The molecule has 2 unspecified atom stereocenters. The van der Waals surface area contributed by atoms with Crippen molar-refractivity contribution in [2.75, 3.05) is 20.3 Å². The summed E-state index contributed by atoms with van der Waals surface area (Å²) in [5, 5.41) is 10.5. The fraction of sp³-hybridized carbons (Fsp3) is 0.467. The third kappa shape index (κ3) is 3.17. The number of ether oxygens (including phenoxy) is 1. The van der Waals surface area contributed by atoms with Gasteiger partial charge in [-0.3, -0.25) is 10.7 Å². The molecule has 1 aromatic rings. The predicted octanol–water partition coefficient (Wildman–Crippen LogP) is 2.20. The van der Waals surface area contributed by atoms with Gasteiger partial charge in [0.1, 0.15) is 5.84 Å². The van der Waals surface area contributed by atoms with Crippen molar-refractivity contribution in [3.05, 3.63) is 35.9 Å². The van der Waals surface area contributed by atoms with E-state index >= 15 is 0 Å². The molecule has 1 aromatic carbocycles. The zero-order valence-corrected chi connectivity index (χ0v) is 11.9. The number of benzene rings is 1. The number of hydrogen-bond acceptors (Lipinski definition) is 3. The van der Waals surface area contributed by atoms with Crippen molar-refractivity contribution in [3.8, 4) is 0 Å². The number of rotatable bonds is 6. The van der Waals surface area contributed by atoms with Gasteiger partial charge in [-0.25, -0.2) is 4.79 Å². The van der Waals surface area contributed by atoms with Crippen LogP contribution in [-0.2, 0) is 4.74 Å². The van der Waals surface area contributed by atoms with Gasteiger partial charge >= 0.3 is 6.03 Å². The molecule has 0 aliphatic carbocycles. The molecule has 1 aliphatic rings. The Labute approximate surface area is 119 Å². The molecule has 2 rings (SSSR count).